The fourth-order valence-corrected chi connectivity index (χ4v) is 1.07. The number of nitrogens with one attached hydrogen (secondary N) is 1. The molecule has 0 bridgehead atoms. The van der Waals surface area contributed by atoms with Gasteiger partial charge in [-0.05, 0) is 6.42 Å². The maximum Gasteiger partial charge on any atom is 0.486 e. The van der Waals surface area contributed by atoms with Crippen LogP contribution < -0.4 is 5.32 Å². The molecule has 0 rings (SSSR count). The molecule has 1 unspecified atom stereocenters. The minimum Gasteiger partial charge on any atom is -0.429 e. The summed E-state index contributed by atoms with van der Waals surface area (Å²) in [4.78, 5) is 0. The van der Waals surface area contributed by atoms with Crippen molar-refractivity contribution in [3.8, 4) is 0 Å². The van der Waals surface area contributed by atoms with Gasteiger partial charge in [-0.2, -0.15) is 0 Å². The molecule has 0 aromatic heterocycles. The minimum absolute atomic E-state index is 0.0588. The van der Waals surface area contributed by atoms with Crippen LogP contribution in [-0.2, 0) is 4.65 Å². The molecule has 1 radical (unpaired) electrons. The molecule has 0 aliphatic rings. The largest absolute Gasteiger partial charge is 0.486 e. The zero-order valence-electron chi connectivity index (χ0n) is 7.42. The van der Waals surface area contributed by atoms with Gasteiger partial charge in [0.25, 0.3) is 0 Å². The summed E-state index contributed by atoms with van der Waals surface area (Å²) in [5.74, 6) is 0. The second-order valence-electron chi connectivity index (χ2n) is 2.58. The molecule has 0 amide bonds. The van der Waals surface area contributed by atoms with E-state index in [1.807, 2.05) is 0 Å². The third-order valence-corrected chi connectivity index (χ3v) is 1.90. The Balaban J connectivity index is 3.04. The maximum absolute atomic E-state index is 8.16. The number of hydrogen-bond donors (Lipinski definition) is 2. The molecule has 0 aromatic carbocycles. The third-order valence-electron chi connectivity index (χ3n) is 1.52. The molecular weight excluding hydrogens is 176 g/mol. The number of halogens is 1. The van der Waals surface area contributed by atoms with E-state index in [9.17, 15) is 0 Å². The lowest BCUT2D eigenvalue weighted by molar-refractivity contribution is 0.250. The molecule has 0 aliphatic heterocycles. The van der Waals surface area contributed by atoms with Crippen molar-refractivity contribution in [2.75, 3.05) is 6.73 Å². The fourth-order valence-electron chi connectivity index (χ4n) is 0.851. The van der Waals surface area contributed by atoms with E-state index in [1.54, 1.807) is 0 Å². The number of alkyl halides is 1. The average Bonchev–Trinajstić information content (AvgIpc) is 2.06. The van der Waals surface area contributed by atoms with Gasteiger partial charge in [0.15, 0.2) is 0 Å². The van der Waals surface area contributed by atoms with E-state index < -0.39 is 0 Å². The van der Waals surface area contributed by atoms with Crippen LogP contribution in [0.3, 0.4) is 0 Å². The molecule has 2 N–H and O–H groups in total. The molecule has 0 saturated carbocycles. The Morgan fingerprint density at radius 2 is 2.33 bits per heavy atom. The predicted octanol–water partition coefficient (Wildman–Crippen LogP) is 1.22. The molecule has 0 saturated heterocycles. The van der Waals surface area contributed by atoms with E-state index in [-0.39, 0.29) is 12.2 Å². The normalized spacial score (nSPS) is 12.9. The smallest absolute Gasteiger partial charge is 0.429 e. The first-order valence-corrected chi connectivity index (χ1v) is 4.69. The van der Waals surface area contributed by atoms with Crippen LogP contribution in [0.5, 0.6) is 0 Å². The highest BCUT2D eigenvalue weighted by Crippen LogP contribution is 2.05. The lowest BCUT2D eigenvalue weighted by atomic mass is 10.2. The molecule has 0 aliphatic carbocycles. The van der Waals surface area contributed by atoms with Crippen LogP contribution >= 0.6 is 11.6 Å². The number of unbranched alkanes of at least 4 members (excludes halogenated alkanes) is 2. The Morgan fingerprint density at radius 3 is 2.92 bits per heavy atom. The summed E-state index contributed by atoms with van der Waals surface area (Å²) in [6, 6.07) is 0. The van der Waals surface area contributed by atoms with Gasteiger partial charge in [-0.1, -0.05) is 26.2 Å². The van der Waals surface area contributed by atoms with Gasteiger partial charge < -0.3 is 9.68 Å². The molecule has 0 spiro atoms. The van der Waals surface area contributed by atoms with E-state index >= 15 is 0 Å². The van der Waals surface area contributed by atoms with Crippen molar-refractivity contribution in [2.24, 2.45) is 0 Å². The van der Waals surface area contributed by atoms with Crippen molar-refractivity contribution in [1.29, 1.82) is 0 Å². The van der Waals surface area contributed by atoms with Gasteiger partial charge in [-0.15, -0.1) is 11.6 Å². The number of hydrogen-bond acceptors (Lipinski definition) is 3. The predicted molar refractivity (Wildman–Crippen MR) is 50.8 cm³/mol. The van der Waals surface area contributed by atoms with Gasteiger partial charge in [0.1, 0.15) is 0 Å². The monoisotopic (exact) mass is 192 g/mol. The quantitative estimate of drug-likeness (QED) is 0.200. The summed E-state index contributed by atoms with van der Waals surface area (Å²) in [6.45, 7) is 2.41. The summed E-state index contributed by atoms with van der Waals surface area (Å²) in [5.41, 5.74) is -0.0588. The van der Waals surface area contributed by atoms with Crippen molar-refractivity contribution >= 4 is 19.3 Å². The second kappa shape index (κ2) is 9.32. The van der Waals surface area contributed by atoms with Crippen LogP contribution in [0.2, 0.25) is 0 Å². The Morgan fingerprint density at radius 1 is 1.58 bits per heavy atom. The van der Waals surface area contributed by atoms with E-state index in [0.717, 1.165) is 12.8 Å². The highest BCUT2D eigenvalue weighted by atomic mass is 35.5. The van der Waals surface area contributed by atoms with Gasteiger partial charge in [0.2, 0.25) is 0 Å². The summed E-state index contributed by atoms with van der Waals surface area (Å²) < 4.78 is 4.55. The highest BCUT2D eigenvalue weighted by molar-refractivity contribution is 6.20. The molecule has 71 valence electrons. The van der Waals surface area contributed by atoms with E-state index in [4.69, 9.17) is 16.6 Å². The Bertz CT molecular complexity index is 87.5. The summed E-state index contributed by atoms with van der Waals surface area (Å²) in [6.07, 6.45) is 4.47. The molecule has 0 fully saturated rings. The summed E-state index contributed by atoms with van der Waals surface area (Å²) >= 11 is 5.87. The van der Waals surface area contributed by atoms with E-state index in [2.05, 4.69) is 16.9 Å². The molecule has 0 heterocycles. The van der Waals surface area contributed by atoms with Crippen molar-refractivity contribution in [3.05, 3.63) is 0 Å². The van der Waals surface area contributed by atoms with Crippen molar-refractivity contribution in [1.82, 2.24) is 5.32 Å². The van der Waals surface area contributed by atoms with Crippen LogP contribution in [0.25, 0.3) is 0 Å². The highest BCUT2D eigenvalue weighted by Gasteiger charge is 2.01. The van der Waals surface area contributed by atoms with Crippen LogP contribution in [-0.4, -0.2) is 24.9 Å². The van der Waals surface area contributed by atoms with Gasteiger partial charge in [-0.3, -0.25) is 5.32 Å². The van der Waals surface area contributed by atoms with Crippen LogP contribution in [0.4, 0.5) is 0 Å². The number of rotatable bonds is 8. The molecule has 5 heteroatoms. The lowest BCUT2D eigenvalue weighted by Gasteiger charge is -2.10. The minimum atomic E-state index is -0.0588. The van der Waals surface area contributed by atoms with Crippen molar-refractivity contribution < 1.29 is 9.68 Å². The topological polar surface area (TPSA) is 41.5 Å². The molecular formula is C7H16BClNO2. The molecule has 1 atom stereocenters. The van der Waals surface area contributed by atoms with Crippen LogP contribution in [0.1, 0.15) is 32.6 Å². The second-order valence-corrected chi connectivity index (χ2v) is 3.11. The average molecular weight is 192 g/mol. The fraction of sp³-hybridized carbons (Fsp3) is 1.00. The SMILES string of the molecule is CCCCCC(Cl)NCO[B]O. The first-order valence-electron chi connectivity index (χ1n) is 4.26. The Labute approximate surface area is 79.7 Å². The van der Waals surface area contributed by atoms with Crippen molar-refractivity contribution in [2.45, 2.75) is 38.1 Å². The summed E-state index contributed by atoms with van der Waals surface area (Å²) in [5, 5.41) is 11.1. The maximum atomic E-state index is 8.16. The first-order chi connectivity index (χ1) is 5.81. The van der Waals surface area contributed by atoms with Gasteiger partial charge >= 0.3 is 7.69 Å². The molecule has 3 nitrogen and oxygen atoms in total. The Kier molecular flexibility index (Phi) is 9.51. The van der Waals surface area contributed by atoms with Gasteiger partial charge in [0, 0.05) is 0 Å². The Hall–Kier alpha value is 0.235. The van der Waals surface area contributed by atoms with E-state index in [1.165, 1.54) is 12.8 Å². The zero-order valence-corrected chi connectivity index (χ0v) is 8.18. The van der Waals surface area contributed by atoms with Crippen LogP contribution in [0.15, 0.2) is 0 Å². The third kappa shape index (κ3) is 8.33. The zero-order chi connectivity index (χ0) is 9.23. The standard InChI is InChI=1S/C7H16BClNO2/c1-2-3-4-5-7(9)10-6-12-8-11/h7,10-11H,2-6H2,1H3. The molecule has 0 aromatic rings. The summed E-state index contributed by atoms with van der Waals surface area (Å²) in [7, 11) is 0.655. The molecule has 12 heavy (non-hydrogen) atoms. The van der Waals surface area contributed by atoms with E-state index in [0.29, 0.717) is 7.69 Å². The van der Waals surface area contributed by atoms with Crippen LogP contribution in [0, 0.1) is 0 Å². The first kappa shape index (κ1) is 12.2. The van der Waals surface area contributed by atoms with Gasteiger partial charge in [-0.25, -0.2) is 0 Å². The van der Waals surface area contributed by atoms with Gasteiger partial charge in [0.05, 0.1) is 12.2 Å². The lowest BCUT2D eigenvalue weighted by Crippen LogP contribution is -2.27. The van der Waals surface area contributed by atoms with Crippen molar-refractivity contribution in [3.63, 3.8) is 0 Å².